The van der Waals surface area contributed by atoms with Gasteiger partial charge in [0, 0.05) is 29.9 Å². The summed E-state index contributed by atoms with van der Waals surface area (Å²) in [7, 11) is 0. The van der Waals surface area contributed by atoms with Gasteiger partial charge in [-0.3, -0.25) is 0 Å². The van der Waals surface area contributed by atoms with Crippen LogP contribution in [0.5, 0.6) is 0 Å². The van der Waals surface area contributed by atoms with E-state index in [2.05, 4.69) is 78.3 Å². The van der Waals surface area contributed by atoms with Crippen molar-refractivity contribution < 1.29 is 0 Å². The largest absolute Gasteiger partial charge is 0.367 e. The Bertz CT molecular complexity index is 826. The van der Waals surface area contributed by atoms with Crippen molar-refractivity contribution in [1.82, 2.24) is 0 Å². The lowest BCUT2D eigenvalue weighted by atomic mass is 10.1. The summed E-state index contributed by atoms with van der Waals surface area (Å²) in [4.78, 5) is 2.36. The van der Waals surface area contributed by atoms with E-state index in [0.717, 1.165) is 24.2 Å². The molecule has 118 valence electrons. The van der Waals surface area contributed by atoms with Crippen LogP contribution < -0.4 is 4.90 Å². The Kier molecular flexibility index (Phi) is 5.32. The maximum absolute atomic E-state index is 3.33. The second-order valence-corrected chi connectivity index (χ2v) is 5.62. The summed E-state index contributed by atoms with van der Waals surface area (Å²) in [6, 6.07) is 29.1. The average molecular weight is 311 g/mol. The molecule has 0 spiro atoms. The maximum atomic E-state index is 3.33. The molecule has 0 aliphatic carbocycles. The van der Waals surface area contributed by atoms with Gasteiger partial charge in [-0.05, 0) is 42.8 Å². The Labute approximate surface area is 144 Å². The summed E-state index contributed by atoms with van der Waals surface area (Å²) in [5, 5.41) is 0. The first kappa shape index (κ1) is 15.9. The molecular weight excluding hydrogens is 290 g/mol. The quantitative estimate of drug-likeness (QED) is 0.605. The summed E-state index contributed by atoms with van der Waals surface area (Å²) in [5.74, 6) is 6.60. The third-order valence-electron chi connectivity index (χ3n) is 4.00. The molecule has 0 radical (unpaired) electrons. The Balaban J connectivity index is 1.86. The molecule has 1 heteroatoms. The molecule has 0 amide bonds. The van der Waals surface area contributed by atoms with Crippen molar-refractivity contribution in [3.63, 3.8) is 0 Å². The predicted molar refractivity (Wildman–Crippen MR) is 102 cm³/mol. The highest BCUT2D eigenvalue weighted by Gasteiger charge is 2.07. The summed E-state index contributed by atoms with van der Waals surface area (Å²) in [6.45, 7) is 4.01. The summed E-state index contributed by atoms with van der Waals surface area (Å²) in [5.41, 5.74) is 4.64. The summed E-state index contributed by atoms with van der Waals surface area (Å²) in [6.07, 6.45) is 0. The number of nitrogens with zero attached hydrogens (tertiary/aromatic N) is 1. The first-order valence-electron chi connectivity index (χ1n) is 8.32. The fourth-order valence-corrected chi connectivity index (χ4v) is 2.67. The number of para-hydroxylation sites is 1. The van der Waals surface area contributed by atoms with E-state index in [1.165, 1.54) is 11.3 Å². The van der Waals surface area contributed by atoms with Crippen molar-refractivity contribution in [1.29, 1.82) is 0 Å². The van der Waals surface area contributed by atoms with Gasteiger partial charge in [0.05, 0.1) is 0 Å². The highest BCUT2D eigenvalue weighted by atomic mass is 15.1. The fourth-order valence-electron chi connectivity index (χ4n) is 2.67. The van der Waals surface area contributed by atoms with Gasteiger partial charge in [0.25, 0.3) is 0 Å². The molecule has 0 heterocycles. The molecule has 0 aromatic heterocycles. The molecule has 0 atom stereocenters. The van der Waals surface area contributed by atoms with E-state index >= 15 is 0 Å². The zero-order chi connectivity index (χ0) is 16.6. The Morgan fingerprint density at radius 3 is 2.04 bits per heavy atom. The molecule has 0 saturated heterocycles. The van der Waals surface area contributed by atoms with E-state index in [9.17, 15) is 0 Å². The lowest BCUT2D eigenvalue weighted by Crippen LogP contribution is -2.22. The molecule has 24 heavy (non-hydrogen) atoms. The van der Waals surface area contributed by atoms with Crippen LogP contribution in [0.1, 0.15) is 23.6 Å². The van der Waals surface area contributed by atoms with Crippen LogP contribution in [0, 0.1) is 11.8 Å². The number of benzene rings is 3. The number of rotatable bonds is 4. The van der Waals surface area contributed by atoms with E-state index in [1.54, 1.807) is 0 Å². The standard InChI is InChI=1S/C23H21N/c1-2-24(23-15-7-4-8-16-23)19-22-14-10-9-13-21(22)18-17-20-11-5-3-6-12-20/h3-16H,2,19H2,1H3. The summed E-state index contributed by atoms with van der Waals surface area (Å²) >= 11 is 0. The van der Waals surface area contributed by atoms with E-state index in [-0.39, 0.29) is 0 Å². The van der Waals surface area contributed by atoms with Crippen LogP contribution >= 0.6 is 0 Å². The summed E-state index contributed by atoms with van der Waals surface area (Å²) < 4.78 is 0. The maximum Gasteiger partial charge on any atom is 0.0441 e. The predicted octanol–water partition coefficient (Wildman–Crippen LogP) is 5.11. The van der Waals surface area contributed by atoms with E-state index in [0.29, 0.717) is 0 Å². The molecule has 0 unspecified atom stereocenters. The average Bonchev–Trinajstić information content (AvgIpc) is 2.66. The zero-order valence-electron chi connectivity index (χ0n) is 13.9. The topological polar surface area (TPSA) is 3.24 Å². The van der Waals surface area contributed by atoms with E-state index in [4.69, 9.17) is 0 Å². The van der Waals surface area contributed by atoms with Crippen molar-refractivity contribution >= 4 is 5.69 Å². The van der Waals surface area contributed by atoms with E-state index < -0.39 is 0 Å². The molecule has 0 aliphatic rings. The molecule has 1 nitrogen and oxygen atoms in total. The number of anilines is 1. The number of hydrogen-bond acceptors (Lipinski definition) is 1. The zero-order valence-corrected chi connectivity index (χ0v) is 13.9. The van der Waals surface area contributed by atoms with Crippen LogP contribution in [0.25, 0.3) is 0 Å². The highest BCUT2D eigenvalue weighted by molar-refractivity contribution is 5.50. The van der Waals surface area contributed by atoms with Gasteiger partial charge in [0.15, 0.2) is 0 Å². The Morgan fingerprint density at radius 1 is 0.708 bits per heavy atom. The van der Waals surface area contributed by atoms with Gasteiger partial charge < -0.3 is 4.90 Å². The third kappa shape index (κ3) is 4.06. The van der Waals surface area contributed by atoms with E-state index in [1.807, 2.05) is 30.3 Å². The molecule has 3 rings (SSSR count). The minimum Gasteiger partial charge on any atom is -0.367 e. The first-order chi connectivity index (χ1) is 11.9. The normalized spacial score (nSPS) is 9.88. The van der Waals surface area contributed by atoms with Crippen LogP contribution in [-0.4, -0.2) is 6.54 Å². The monoisotopic (exact) mass is 311 g/mol. The SMILES string of the molecule is CCN(Cc1ccccc1C#Cc1ccccc1)c1ccccc1. The van der Waals surface area contributed by atoms with Gasteiger partial charge in [-0.1, -0.05) is 66.4 Å². The van der Waals surface area contributed by atoms with Gasteiger partial charge in [-0.2, -0.15) is 0 Å². The van der Waals surface area contributed by atoms with Crippen LogP contribution in [0.3, 0.4) is 0 Å². The molecule has 3 aromatic carbocycles. The van der Waals surface area contributed by atoms with Crippen LogP contribution in [0.15, 0.2) is 84.9 Å². The van der Waals surface area contributed by atoms with Crippen LogP contribution in [0.2, 0.25) is 0 Å². The number of hydrogen-bond donors (Lipinski definition) is 0. The first-order valence-corrected chi connectivity index (χ1v) is 8.32. The molecule has 0 N–H and O–H groups in total. The fraction of sp³-hybridized carbons (Fsp3) is 0.130. The third-order valence-corrected chi connectivity index (χ3v) is 4.00. The van der Waals surface area contributed by atoms with Crippen LogP contribution in [0.4, 0.5) is 5.69 Å². The Hall–Kier alpha value is -2.98. The lowest BCUT2D eigenvalue weighted by Gasteiger charge is -2.23. The van der Waals surface area contributed by atoms with Crippen LogP contribution in [-0.2, 0) is 6.54 Å². The molecule has 0 bridgehead atoms. The molecule has 0 saturated carbocycles. The van der Waals surface area contributed by atoms with Gasteiger partial charge in [0.2, 0.25) is 0 Å². The minimum absolute atomic E-state index is 0.861. The van der Waals surface area contributed by atoms with Gasteiger partial charge in [0.1, 0.15) is 0 Å². The highest BCUT2D eigenvalue weighted by Crippen LogP contribution is 2.18. The van der Waals surface area contributed by atoms with Crippen molar-refractivity contribution in [2.45, 2.75) is 13.5 Å². The minimum atomic E-state index is 0.861. The van der Waals surface area contributed by atoms with Crippen molar-refractivity contribution in [2.24, 2.45) is 0 Å². The van der Waals surface area contributed by atoms with Gasteiger partial charge in [-0.25, -0.2) is 0 Å². The van der Waals surface area contributed by atoms with Crippen molar-refractivity contribution in [3.8, 4) is 11.8 Å². The molecule has 0 aliphatic heterocycles. The molecule has 0 fully saturated rings. The van der Waals surface area contributed by atoms with Gasteiger partial charge >= 0.3 is 0 Å². The second kappa shape index (κ2) is 8.04. The van der Waals surface area contributed by atoms with Crippen molar-refractivity contribution in [2.75, 3.05) is 11.4 Å². The van der Waals surface area contributed by atoms with Gasteiger partial charge in [-0.15, -0.1) is 0 Å². The Morgan fingerprint density at radius 2 is 1.33 bits per heavy atom. The van der Waals surface area contributed by atoms with Crippen molar-refractivity contribution in [3.05, 3.63) is 102 Å². The molecule has 3 aromatic rings. The second-order valence-electron chi connectivity index (χ2n) is 5.62. The lowest BCUT2D eigenvalue weighted by molar-refractivity contribution is 0.830. The smallest absolute Gasteiger partial charge is 0.0441 e. The molecular formula is C23H21N.